The number of alkyl halides is 1. The quantitative estimate of drug-likeness (QED) is 0.745. The van der Waals surface area contributed by atoms with Crippen LogP contribution in [0.4, 0.5) is 4.39 Å². The van der Waals surface area contributed by atoms with Gasteiger partial charge in [0, 0.05) is 6.42 Å². The van der Waals surface area contributed by atoms with Crippen LogP contribution in [0.1, 0.15) is 40.5 Å². The summed E-state index contributed by atoms with van der Waals surface area (Å²) in [6.45, 7) is 14.8. The maximum Gasteiger partial charge on any atom is 0.269 e. The van der Waals surface area contributed by atoms with E-state index in [4.69, 9.17) is 0 Å². The van der Waals surface area contributed by atoms with E-state index in [0.29, 0.717) is 11.5 Å². The third-order valence-corrected chi connectivity index (χ3v) is 5.00. The van der Waals surface area contributed by atoms with Gasteiger partial charge in [-0.3, -0.25) is 24.1 Å². The maximum atomic E-state index is 12.3. The number of rotatable bonds is 3. The summed E-state index contributed by atoms with van der Waals surface area (Å²) in [6.07, 6.45) is 2.09. The molecule has 0 spiro atoms. The molecule has 0 aromatic carbocycles. The molecule has 0 radical (unpaired) electrons. The van der Waals surface area contributed by atoms with Gasteiger partial charge in [0.1, 0.15) is 6.04 Å². The second-order valence-electron chi connectivity index (χ2n) is 4.26. The summed E-state index contributed by atoms with van der Waals surface area (Å²) in [6, 6.07) is -1.22. The largest absolute Gasteiger partial charge is 0.295 e. The molecular weight excluding hydrogens is 363 g/mol. The van der Waals surface area contributed by atoms with E-state index in [1.165, 1.54) is 0 Å². The zero-order valence-corrected chi connectivity index (χ0v) is 16.7. The molecule has 2 aliphatic heterocycles. The number of sulfonamides is 1. The summed E-state index contributed by atoms with van der Waals surface area (Å²) in [5.41, 5.74) is -0.121. The highest BCUT2D eigenvalue weighted by Crippen LogP contribution is 2.33. The van der Waals surface area contributed by atoms with Crippen molar-refractivity contribution in [1.29, 1.82) is 0 Å². The van der Waals surface area contributed by atoms with Crippen molar-refractivity contribution in [3.8, 4) is 0 Å². The molecule has 1 fully saturated rings. The second-order valence-corrected chi connectivity index (χ2v) is 6.04. The van der Waals surface area contributed by atoms with E-state index in [0.717, 1.165) is 12.2 Å². The normalized spacial score (nSPS) is 20.5. The maximum absolute atomic E-state index is 12.3. The Bertz CT molecular complexity index is 683. The number of halogens is 1. The SMILES string of the molecule is C=CC1=C(C=C)S(=O)(=O)N(C2CCC(=O)NC2=O)C1=O.CC.CC.CF. The lowest BCUT2D eigenvalue weighted by Gasteiger charge is -2.28. The van der Waals surface area contributed by atoms with Crippen molar-refractivity contribution in [1.82, 2.24) is 9.62 Å². The highest BCUT2D eigenvalue weighted by molar-refractivity contribution is 7.94. The summed E-state index contributed by atoms with van der Waals surface area (Å²) in [5.74, 6) is -2.12. The van der Waals surface area contributed by atoms with Gasteiger partial charge in [0.05, 0.1) is 17.7 Å². The molecule has 148 valence electrons. The molecule has 0 bridgehead atoms. The lowest BCUT2D eigenvalue weighted by molar-refractivity contribution is -0.140. The smallest absolute Gasteiger partial charge is 0.269 e. The first-order chi connectivity index (χ1) is 12.3. The molecule has 0 aliphatic carbocycles. The van der Waals surface area contributed by atoms with Crippen molar-refractivity contribution in [2.75, 3.05) is 7.18 Å². The van der Waals surface area contributed by atoms with E-state index in [9.17, 15) is 27.2 Å². The average molecular weight is 390 g/mol. The van der Waals surface area contributed by atoms with Crippen molar-refractivity contribution in [2.45, 2.75) is 46.6 Å². The Kier molecular flexibility index (Phi) is 12.1. The lowest BCUT2D eigenvalue weighted by Crippen LogP contribution is -2.54. The number of hydrogen-bond acceptors (Lipinski definition) is 5. The Hall–Kier alpha value is -2.29. The Labute approximate surface area is 154 Å². The Morgan fingerprint density at radius 3 is 1.92 bits per heavy atom. The van der Waals surface area contributed by atoms with Crippen LogP contribution in [-0.2, 0) is 24.4 Å². The topological polar surface area (TPSA) is 101 Å². The van der Waals surface area contributed by atoms with Gasteiger partial charge in [-0.15, -0.1) is 0 Å². The van der Waals surface area contributed by atoms with Crippen molar-refractivity contribution in [2.24, 2.45) is 0 Å². The third kappa shape index (κ3) is 5.10. The van der Waals surface area contributed by atoms with Crippen LogP contribution in [0.25, 0.3) is 0 Å². The van der Waals surface area contributed by atoms with E-state index in [-0.39, 0.29) is 23.3 Å². The number of imide groups is 1. The molecule has 1 N–H and O–H groups in total. The molecular formula is C17H27FN2O5S. The number of piperidine rings is 1. The highest BCUT2D eigenvalue weighted by atomic mass is 32.2. The molecule has 2 aliphatic rings. The van der Waals surface area contributed by atoms with Crippen molar-refractivity contribution < 1.29 is 27.2 Å². The Balaban J connectivity index is 0. The zero-order valence-electron chi connectivity index (χ0n) is 15.8. The number of nitrogens with zero attached hydrogens (tertiary/aromatic N) is 1. The van der Waals surface area contributed by atoms with Gasteiger partial charge in [0.2, 0.25) is 5.91 Å². The Morgan fingerprint density at radius 2 is 1.58 bits per heavy atom. The first-order valence-electron chi connectivity index (χ1n) is 8.14. The minimum atomic E-state index is -4.14. The minimum absolute atomic E-state index is 0.0252. The van der Waals surface area contributed by atoms with Gasteiger partial charge in [0.15, 0.2) is 0 Å². The van der Waals surface area contributed by atoms with Gasteiger partial charge in [-0.25, -0.2) is 12.7 Å². The number of hydrogen-bond donors (Lipinski definition) is 1. The van der Waals surface area contributed by atoms with Gasteiger partial charge in [-0.1, -0.05) is 46.9 Å². The zero-order chi connectivity index (χ0) is 21.1. The second kappa shape index (κ2) is 12.1. The summed E-state index contributed by atoms with van der Waals surface area (Å²) in [4.78, 5) is 34.7. The molecule has 2 rings (SSSR count). The van der Waals surface area contributed by atoms with Gasteiger partial charge in [-0.05, 0) is 12.5 Å². The molecule has 2 heterocycles. The number of amides is 3. The van der Waals surface area contributed by atoms with Crippen LogP contribution in [-0.4, -0.2) is 43.7 Å². The molecule has 7 nitrogen and oxygen atoms in total. The molecule has 1 saturated heterocycles. The van der Waals surface area contributed by atoms with Gasteiger partial charge in [-0.2, -0.15) is 0 Å². The number of nitrogens with one attached hydrogen (secondary N) is 1. The molecule has 3 amide bonds. The molecule has 0 saturated carbocycles. The summed E-state index contributed by atoms with van der Waals surface area (Å²) >= 11 is 0. The average Bonchev–Trinajstić information content (AvgIpc) is 2.85. The fraction of sp³-hybridized carbons (Fsp3) is 0.471. The van der Waals surface area contributed by atoms with Crippen molar-refractivity contribution in [3.63, 3.8) is 0 Å². The van der Waals surface area contributed by atoms with Crippen molar-refractivity contribution >= 4 is 27.7 Å². The van der Waals surface area contributed by atoms with Crippen LogP contribution in [0.5, 0.6) is 0 Å². The first kappa shape index (κ1) is 25.9. The van der Waals surface area contributed by atoms with Crippen LogP contribution in [0.2, 0.25) is 0 Å². The molecule has 9 heteroatoms. The number of carbonyl (C=O) groups is 3. The van der Waals surface area contributed by atoms with Gasteiger partial charge >= 0.3 is 0 Å². The first-order valence-corrected chi connectivity index (χ1v) is 9.58. The lowest BCUT2D eigenvalue weighted by atomic mass is 10.1. The molecule has 26 heavy (non-hydrogen) atoms. The van der Waals surface area contributed by atoms with Gasteiger partial charge < -0.3 is 0 Å². The molecule has 0 aromatic heterocycles. The fourth-order valence-corrected chi connectivity index (χ4v) is 3.92. The fourth-order valence-electron chi connectivity index (χ4n) is 2.20. The highest BCUT2D eigenvalue weighted by Gasteiger charge is 2.48. The predicted molar refractivity (Wildman–Crippen MR) is 99.1 cm³/mol. The van der Waals surface area contributed by atoms with Crippen LogP contribution < -0.4 is 5.32 Å². The molecule has 1 unspecified atom stereocenters. The standard InChI is InChI=1S/C12H12N2O5S.2C2H6.CH3F/c1-3-7-9(4-2)20(18,19)14(12(7)17)8-5-6-10(15)13-11(8)16;3*1-2/h3-4,8H,1-2,5-6H2,(H,13,15,16);2*1-2H3;1H3. The number of allylic oxidation sites excluding steroid dienone is 1. The van der Waals surface area contributed by atoms with Crippen LogP contribution in [0.15, 0.2) is 35.8 Å². The van der Waals surface area contributed by atoms with E-state index >= 15 is 0 Å². The van der Waals surface area contributed by atoms with Crippen LogP contribution >= 0.6 is 0 Å². The van der Waals surface area contributed by atoms with Crippen LogP contribution in [0, 0.1) is 0 Å². The van der Waals surface area contributed by atoms with Crippen molar-refractivity contribution in [3.05, 3.63) is 35.8 Å². The summed E-state index contributed by atoms with van der Waals surface area (Å²) < 4.78 is 34.6. The third-order valence-electron chi connectivity index (χ3n) is 3.12. The van der Waals surface area contributed by atoms with E-state index < -0.39 is 33.8 Å². The predicted octanol–water partition coefficient (Wildman–Crippen LogP) is 2.23. The molecule has 0 aromatic rings. The summed E-state index contributed by atoms with van der Waals surface area (Å²) in [5, 5.41) is 2.02. The van der Waals surface area contributed by atoms with Gasteiger partial charge in [0.25, 0.3) is 21.8 Å². The number of carbonyl (C=O) groups excluding carboxylic acids is 3. The van der Waals surface area contributed by atoms with E-state index in [2.05, 4.69) is 13.2 Å². The van der Waals surface area contributed by atoms with E-state index in [1.54, 1.807) is 0 Å². The minimum Gasteiger partial charge on any atom is -0.295 e. The Morgan fingerprint density at radius 1 is 1.08 bits per heavy atom. The molecule has 1 atom stereocenters. The monoisotopic (exact) mass is 390 g/mol. The van der Waals surface area contributed by atoms with Crippen LogP contribution in [0.3, 0.4) is 0 Å². The van der Waals surface area contributed by atoms with E-state index in [1.807, 2.05) is 33.0 Å². The summed E-state index contributed by atoms with van der Waals surface area (Å²) in [7, 11) is -3.64.